The molecule has 9 nitrogen and oxygen atoms in total. The van der Waals surface area contributed by atoms with Gasteiger partial charge in [0.2, 0.25) is 0 Å². The van der Waals surface area contributed by atoms with E-state index in [4.69, 9.17) is 11.5 Å². The van der Waals surface area contributed by atoms with Crippen LogP contribution in [0.25, 0.3) is 22.3 Å². The molecule has 0 saturated carbocycles. The van der Waals surface area contributed by atoms with Crippen LogP contribution in [0.1, 0.15) is 0 Å². The van der Waals surface area contributed by atoms with Crippen LogP contribution in [0.15, 0.2) is 63.6 Å². The van der Waals surface area contributed by atoms with Gasteiger partial charge in [0.05, 0.1) is 16.7 Å². The van der Waals surface area contributed by atoms with Crippen LogP contribution in [-0.2, 0) is 0 Å². The van der Waals surface area contributed by atoms with Crippen LogP contribution in [0.5, 0.6) is 0 Å². The molecule has 0 fully saturated rings. The number of hydrogen-bond acceptors (Lipinski definition) is 7. The first-order chi connectivity index (χ1) is 12.6. The lowest BCUT2D eigenvalue weighted by atomic mass is 10.1. The summed E-state index contributed by atoms with van der Waals surface area (Å²) < 4.78 is 0. The molecule has 2 heterocycles. The number of aromatic amines is 2. The van der Waals surface area contributed by atoms with Gasteiger partial charge in [-0.2, -0.15) is 5.10 Å². The number of rotatable bonds is 3. The van der Waals surface area contributed by atoms with Crippen molar-refractivity contribution in [1.29, 1.82) is 0 Å². The molecular weight excluding hydrogens is 332 g/mol. The molecule has 0 radical (unpaired) electrons. The summed E-state index contributed by atoms with van der Waals surface area (Å²) in [4.78, 5) is 19.8. The monoisotopic (exact) mass is 346 g/mol. The Bertz CT molecular complexity index is 1170. The highest BCUT2D eigenvalue weighted by Crippen LogP contribution is 2.32. The zero-order chi connectivity index (χ0) is 18.1. The van der Waals surface area contributed by atoms with Crippen molar-refractivity contribution in [2.75, 3.05) is 11.5 Å². The van der Waals surface area contributed by atoms with E-state index in [0.717, 1.165) is 0 Å². The number of nitrogen functional groups attached to an aromatic ring is 2. The van der Waals surface area contributed by atoms with Gasteiger partial charge in [0.1, 0.15) is 11.5 Å². The number of nitrogens with zero attached hydrogens (tertiary/aromatic N) is 4. The third kappa shape index (κ3) is 2.67. The van der Waals surface area contributed by atoms with Crippen LogP contribution in [0, 0.1) is 0 Å². The third-order valence-electron chi connectivity index (χ3n) is 3.81. The summed E-state index contributed by atoms with van der Waals surface area (Å²) in [5.74, 6) is 0.357. The number of hydrogen-bond donors (Lipinski definition) is 4. The first kappa shape index (κ1) is 15.5. The standard InChI is InChI=1S/C17H14N8O/c18-15-14(16(19)25-24-15)23-22-10-6-2-1-5-9(10)13-17(26)21-12-8-4-3-7-11(12)20-13/h1-8H,(H,21,26)(H5,18,19,24,25). The van der Waals surface area contributed by atoms with Gasteiger partial charge >= 0.3 is 0 Å². The Balaban J connectivity index is 1.84. The minimum atomic E-state index is -0.311. The molecule has 0 aliphatic heterocycles. The minimum absolute atomic E-state index is 0.144. The highest BCUT2D eigenvalue weighted by Gasteiger charge is 2.12. The van der Waals surface area contributed by atoms with Gasteiger partial charge in [-0.05, 0) is 18.2 Å². The Morgan fingerprint density at radius 2 is 1.73 bits per heavy atom. The Morgan fingerprint density at radius 3 is 2.54 bits per heavy atom. The Hall–Kier alpha value is -4.01. The fourth-order valence-corrected chi connectivity index (χ4v) is 2.55. The smallest absolute Gasteiger partial charge is 0.275 e. The summed E-state index contributed by atoms with van der Waals surface area (Å²) >= 11 is 0. The lowest BCUT2D eigenvalue weighted by Crippen LogP contribution is -2.11. The number of fused-ring (bicyclic) bond motifs is 1. The van der Waals surface area contributed by atoms with Crippen molar-refractivity contribution in [3.63, 3.8) is 0 Å². The number of benzene rings is 2. The first-order valence-electron chi connectivity index (χ1n) is 7.73. The molecule has 0 saturated heterocycles. The second kappa shape index (κ2) is 6.13. The van der Waals surface area contributed by atoms with Gasteiger partial charge in [-0.15, -0.1) is 10.2 Å². The van der Waals surface area contributed by atoms with E-state index in [2.05, 4.69) is 30.4 Å². The summed E-state index contributed by atoms with van der Waals surface area (Å²) in [6.45, 7) is 0. The van der Waals surface area contributed by atoms with Gasteiger partial charge in [-0.1, -0.05) is 30.3 Å². The predicted octanol–water partition coefficient (Wildman–Crippen LogP) is 2.89. The number of aromatic nitrogens is 4. The highest BCUT2D eigenvalue weighted by atomic mass is 16.1. The van der Waals surface area contributed by atoms with E-state index in [1.807, 2.05) is 18.2 Å². The summed E-state index contributed by atoms with van der Waals surface area (Å²) in [5.41, 5.74) is 14.0. The molecule has 0 atom stereocenters. The number of nitrogens with one attached hydrogen (secondary N) is 2. The van der Waals surface area contributed by atoms with Crippen molar-refractivity contribution >= 4 is 34.0 Å². The van der Waals surface area contributed by atoms with Crippen LogP contribution in [0.4, 0.5) is 23.0 Å². The van der Waals surface area contributed by atoms with Crippen LogP contribution in [0.3, 0.4) is 0 Å². The fourth-order valence-electron chi connectivity index (χ4n) is 2.55. The number of anilines is 2. The van der Waals surface area contributed by atoms with Gasteiger partial charge < -0.3 is 16.5 Å². The van der Waals surface area contributed by atoms with Gasteiger partial charge in [0.15, 0.2) is 11.5 Å². The van der Waals surface area contributed by atoms with Crippen molar-refractivity contribution in [3.8, 4) is 11.3 Å². The lowest BCUT2D eigenvalue weighted by Gasteiger charge is -2.05. The largest absolute Gasteiger partial charge is 0.382 e. The highest BCUT2D eigenvalue weighted by molar-refractivity contribution is 5.80. The molecule has 0 amide bonds. The van der Waals surface area contributed by atoms with E-state index in [0.29, 0.717) is 22.3 Å². The van der Waals surface area contributed by atoms with Crippen LogP contribution >= 0.6 is 0 Å². The summed E-state index contributed by atoms with van der Waals surface area (Å²) in [5, 5.41) is 14.5. The van der Waals surface area contributed by atoms with Crippen molar-refractivity contribution in [1.82, 2.24) is 20.2 Å². The molecular formula is C17H14N8O. The number of H-pyrrole nitrogens is 2. The summed E-state index contributed by atoms with van der Waals surface area (Å²) in [6.07, 6.45) is 0. The molecule has 26 heavy (non-hydrogen) atoms. The lowest BCUT2D eigenvalue weighted by molar-refractivity contribution is 1.11. The van der Waals surface area contributed by atoms with E-state index in [9.17, 15) is 4.79 Å². The van der Waals surface area contributed by atoms with E-state index in [-0.39, 0.29) is 28.6 Å². The van der Waals surface area contributed by atoms with Crippen LogP contribution in [0.2, 0.25) is 0 Å². The van der Waals surface area contributed by atoms with Crippen molar-refractivity contribution < 1.29 is 0 Å². The molecule has 0 aliphatic rings. The van der Waals surface area contributed by atoms with E-state index in [1.165, 1.54) is 0 Å². The molecule has 0 spiro atoms. The summed E-state index contributed by atoms with van der Waals surface area (Å²) in [6, 6.07) is 14.4. The normalized spacial score (nSPS) is 11.4. The van der Waals surface area contributed by atoms with Gasteiger partial charge in [-0.3, -0.25) is 9.89 Å². The van der Waals surface area contributed by atoms with E-state index >= 15 is 0 Å². The number of azo groups is 1. The van der Waals surface area contributed by atoms with Crippen molar-refractivity contribution in [3.05, 3.63) is 58.9 Å². The molecule has 128 valence electrons. The Morgan fingerprint density at radius 1 is 0.962 bits per heavy atom. The second-order valence-electron chi connectivity index (χ2n) is 5.52. The topological polar surface area (TPSA) is 151 Å². The quantitative estimate of drug-likeness (QED) is 0.420. The predicted molar refractivity (Wildman–Crippen MR) is 99.4 cm³/mol. The molecule has 2 aromatic carbocycles. The SMILES string of the molecule is Nc1n[nH]c(N)c1N=Nc1ccccc1-c1nc2ccccc2[nH]c1=O. The van der Waals surface area contributed by atoms with Crippen LogP contribution in [-0.4, -0.2) is 20.2 Å². The average Bonchev–Trinajstić information content (AvgIpc) is 2.97. The molecule has 6 N–H and O–H groups in total. The van der Waals surface area contributed by atoms with Crippen LogP contribution < -0.4 is 17.0 Å². The molecule has 0 aliphatic carbocycles. The second-order valence-corrected chi connectivity index (χ2v) is 5.52. The maximum Gasteiger partial charge on any atom is 0.275 e. The van der Waals surface area contributed by atoms with Gasteiger partial charge in [-0.25, -0.2) is 4.98 Å². The first-order valence-corrected chi connectivity index (χ1v) is 7.73. The van der Waals surface area contributed by atoms with Gasteiger partial charge in [0, 0.05) is 5.56 Å². The third-order valence-corrected chi connectivity index (χ3v) is 3.81. The van der Waals surface area contributed by atoms with E-state index in [1.54, 1.807) is 30.3 Å². The molecule has 0 bridgehead atoms. The zero-order valence-electron chi connectivity index (χ0n) is 13.5. The molecule has 4 rings (SSSR count). The molecule has 9 heteroatoms. The molecule has 4 aromatic rings. The maximum absolute atomic E-state index is 12.5. The Kier molecular flexibility index (Phi) is 3.66. The number of nitrogens with two attached hydrogens (primary N) is 2. The van der Waals surface area contributed by atoms with Crippen molar-refractivity contribution in [2.45, 2.75) is 0 Å². The molecule has 0 unspecified atom stereocenters. The average molecular weight is 346 g/mol. The number of para-hydroxylation sites is 2. The minimum Gasteiger partial charge on any atom is -0.382 e. The zero-order valence-corrected chi connectivity index (χ0v) is 13.5. The van der Waals surface area contributed by atoms with Gasteiger partial charge in [0.25, 0.3) is 5.56 Å². The Labute approximate surface area is 146 Å². The fraction of sp³-hybridized carbons (Fsp3) is 0. The van der Waals surface area contributed by atoms with E-state index < -0.39 is 0 Å². The molecule has 2 aromatic heterocycles. The maximum atomic E-state index is 12.5. The van der Waals surface area contributed by atoms with Crippen molar-refractivity contribution in [2.24, 2.45) is 10.2 Å². The summed E-state index contributed by atoms with van der Waals surface area (Å²) in [7, 11) is 0.